The fourth-order valence-electron chi connectivity index (χ4n) is 8.41. The molecular weight excluding hydrogens is 761 g/mol. The van der Waals surface area contributed by atoms with Crippen LogP contribution in [0.25, 0.3) is 53.8 Å². The predicted octanol–water partition coefficient (Wildman–Crippen LogP) is 13.7. The topological polar surface area (TPSA) is 48.8 Å². The van der Waals surface area contributed by atoms with Crippen LogP contribution in [0.4, 0.5) is 0 Å². The molecule has 4 nitrogen and oxygen atoms in total. The molecule has 5 heteroatoms. The summed E-state index contributed by atoms with van der Waals surface area (Å²) in [6, 6.07) is 73.3. The number of benzene rings is 8. The lowest BCUT2D eigenvalue weighted by molar-refractivity contribution is 0.664. The number of aliphatic imine (C=N–C) groups is 2. The van der Waals surface area contributed by atoms with Gasteiger partial charge in [0.05, 0.1) is 17.5 Å². The van der Waals surface area contributed by atoms with Crippen molar-refractivity contribution in [3.63, 3.8) is 0 Å². The lowest BCUT2D eigenvalue weighted by Gasteiger charge is -2.25. The SMILES string of the molecule is C1=C(c2ccccc2)N=C(c2ccc(-c3cc(-c4ccc(C5=CC(c6ccccc6)=NC(c6ccccc6)N5)cc4)cc4c3sc3ccccc34)cc2)NC1c1ccccc1. The highest BCUT2D eigenvalue weighted by molar-refractivity contribution is 7.26. The van der Waals surface area contributed by atoms with E-state index in [0.717, 1.165) is 50.8 Å². The van der Waals surface area contributed by atoms with Gasteiger partial charge in [-0.3, -0.25) is 4.99 Å². The van der Waals surface area contributed by atoms with Gasteiger partial charge in [0.25, 0.3) is 0 Å². The zero-order valence-corrected chi connectivity index (χ0v) is 34.1. The number of nitrogens with one attached hydrogen (secondary N) is 2. The number of hydrogen-bond donors (Lipinski definition) is 2. The average Bonchev–Trinajstić information content (AvgIpc) is 3.73. The number of rotatable bonds is 8. The maximum Gasteiger partial charge on any atom is 0.145 e. The van der Waals surface area contributed by atoms with Gasteiger partial charge in [0.1, 0.15) is 12.0 Å². The molecule has 0 aliphatic carbocycles. The van der Waals surface area contributed by atoms with Crippen molar-refractivity contribution in [1.29, 1.82) is 0 Å². The van der Waals surface area contributed by atoms with Gasteiger partial charge in [0, 0.05) is 37.0 Å². The Morgan fingerprint density at radius 2 is 1.03 bits per heavy atom. The number of thiophene rings is 1. The van der Waals surface area contributed by atoms with Crippen LogP contribution in [0, 0.1) is 0 Å². The molecule has 2 unspecified atom stereocenters. The molecule has 2 aliphatic rings. The van der Waals surface area contributed by atoms with E-state index in [2.05, 4.69) is 211 Å². The highest BCUT2D eigenvalue weighted by atomic mass is 32.1. The van der Waals surface area contributed by atoms with Gasteiger partial charge in [-0.15, -0.1) is 11.3 Å². The Labute approximate surface area is 359 Å². The summed E-state index contributed by atoms with van der Waals surface area (Å²) in [6.07, 6.45) is 4.20. The monoisotopic (exact) mass is 800 g/mol. The summed E-state index contributed by atoms with van der Waals surface area (Å²) in [6.45, 7) is 0. The molecule has 0 amide bonds. The number of hydrogen-bond acceptors (Lipinski definition) is 5. The maximum atomic E-state index is 5.17. The highest BCUT2D eigenvalue weighted by Gasteiger charge is 2.22. The van der Waals surface area contributed by atoms with Crippen LogP contribution in [-0.4, -0.2) is 11.5 Å². The largest absolute Gasteiger partial charge is 0.360 e. The van der Waals surface area contributed by atoms with Gasteiger partial charge >= 0.3 is 0 Å². The van der Waals surface area contributed by atoms with Crippen LogP contribution in [0.5, 0.6) is 0 Å². The molecule has 0 saturated heterocycles. The van der Waals surface area contributed by atoms with Gasteiger partial charge in [-0.05, 0) is 74.9 Å². The fourth-order valence-corrected chi connectivity index (χ4v) is 9.63. The minimum Gasteiger partial charge on any atom is -0.360 e. The van der Waals surface area contributed by atoms with Gasteiger partial charge in [-0.2, -0.15) is 0 Å². The zero-order chi connectivity index (χ0) is 40.5. The Kier molecular flexibility index (Phi) is 9.49. The van der Waals surface area contributed by atoms with E-state index in [1.165, 1.54) is 48.0 Å². The van der Waals surface area contributed by atoms with Crippen LogP contribution >= 0.6 is 11.3 Å². The van der Waals surface area contributed by atoms with Crippen LogP contribution in [0.3, 0.4) is 0 Å². The van der Waals surface area contributed by atoms with Gasteiger partial charge < -0.3 is 10.6 Å². The molecule has 0 saturated carbocycles. The van der Waals surface area contributed by atoms with E-state index in [4.69, 9.17) is 9.98 Å². The van der Waals surface area contributed by atoms with Crippen LogP contribution < -0.4 is 10.6 Å². The Bertz CT molecular complexity index is 3150. The van der Waals surface area contributed by atoms with E-state index in [1.807, 2.05) is 29.5 Å². The molecule has 2 aliphatic heterocycles. The van der Waals surface area contributed by atoms with Crippen molar-refractivity contribution in [3.05, 3.63) is 252 Å². The van der Waals surface area contributed by atoms with E-state index < -0.39 is 0 Å². The maximum absolute atomic E-state index is 5.17. The van der Waals surface area contributed by atoms with Crippen molar-refractivity contribution >= 4 is 54.5 Å². The van der Waals surface area contributed by atoms with Crippen LogP contribution in [0.2, 0.25) is 0 Å². The molecule has 11 rings (SSSR count). The van der Waals surface area contributed by atoms with Crippen LogP contribution in [0.15, 0.2) is 228 Å². The first-order valence-corrected chi connectivity index (χ1v) is 21.5. The molecule has 0 fully saturated rings. The third kappa shape index (κ3) is 7.26. The molecule has 8 aromatic carbocycles. The lowest BCUT2D eigenvalue weighted by atomic mass is 9.94. The van der Waals surface area contributed by atoms with Crippen LogP contribution in [0.1, 0.15) is 45.6 Å². The molecule has 0 spiro atoms. The molecule has 61 heavy (non-hydrogen) atoms. The smallest absolute Gasteiger partial charge is 0.145 e. The first kappa shape index (κ1) is 36.5. The molecule has 0 radical (unpaired) electrons. The lowest BCUT2D eigenvalue weighted by Crippen LogP contribution is -2.31. The van der Waals surface area contributed by atoms with E-state index in [1.54, 1.807) is 0 Å². The van der Waals surface area contributed by atoms with Crippen molar-refractivity contribution < 1.29 is 0 Å². The minimum atomic E-state index is -0.187. The van der Waals surface area contributed by atoms with Crippen molar-refractivity contribution in [2.24, 2.45) is 9.98 Å². The first-order chi connectivity index (χ1) is 30.2. The summed E-state index contributed by atoms with van der Waals surface area (Å²) < 4.78 is 2.58. The number of nitrogens with zero attached hydrogens (tertiary/aromatic N) is 2. The molecular formula is C56H40N4S. The second kappa shape index (κ2) is 15.9. The summed E-state index contributed by atoms with van der Waals surface area (Å²) in [7, 11) is 0. The van der Waals surface area contributed by atoms with E-state index in [-0.39, 0.29) is 12.2 Å². The molecule has 1 aromatic heterocycles. The minimum absolute atomic E-state index is 0.000606. The van der Waals surface area contributed by atoms with Crippen molar-refractivity contribution in [1.82, 2.24) is 10.6 Å². The molecule has 2 atom stereocenters. The normalized spacial score (nSPS) is 16.2. The van der Waals surface area contributed by atoms with Gasteiger partial charge in [0.2, 0.25) is 0 Å². The predicted molar refractivity (Wildman–Crippen MR) is 257 cm³/mol. The van der Waals surface area contributed by atoms with E-state index in [9.17, 15) is 0 Å². The Morgan fingerprint density at radius 1 is 0.443 bits per heavy atom. The summed E-state index contributed by atoms with van der Waals surface area (Å²) in [5.41, 5.74) is 14.4. The van der Waals surface area contributed by atoms with Gasteiger partial charge in [0.15, 0.2) is 0 Å². The van der Waals surface area contributed by atoms with E-state index in [0.29, 0.717) is 0 Å². The molecule has 3 heterocycles. The molecule has 9 aromatic rings. The summed E-state index contributed by atoms with van der Waals surface area (Å²) in [4.78, 5) is 10.3. The summed E-state index contributed by atoms with van der Waals surface area (Å²) in [5, 5.41) is 10.0. The number of fused-ring (bicyclic) bond motifs is 3. The highest BCUT2D eigenvalue weighted by Crippen LogP contribution is 2.43. The Morgan fingerprint density at radius 3 is 1.75 bits per heavy atom. The fraction of sp³-hybridized carbons (Fsp3) is 0.0357. The third-order valence-corrected chi connectivity index (χ3v) is 12.8. The van der Waals surface area contributed by atoms with Gasteiger partial charge in [-0.25, -0.2) is 4.99 Å². The first-order valence-electron chi connectivity index (χ1n) is 20.7. The molecule has 2 N–H and O–H groups in total. The molecule has 0 bridgehead atoms. The van der Waals surface area contributed by atoms with E-state index >= 15 is 0 Å². The zero-order valence-electron chi connectivity index (χ0n) is 33.2. The average molecular weight is 801 g/mol. The second-order valence-electron chi connectivity index (χ2n) is 15.5. The summed E-state index contributed by atoms with van der Waals surface area (Å²) in [5.74, 6) is 0.863. The van der Waals surface area contributed by atoms with Crippen molar-refractivity contribution in [2.75, 3.05) is 0 Å². The standard InChI is InChI=1S/C56H40N4S/c1-5-15-39(16-6-1)49-35-50(40-17-7-2-8-18-40)59-56(58-49)44-31-27-38(28-32-44)47-33-45(34-48-46-23-13-14-24-53(46)61-54(47)48)37-25-29-42(30-26-37)52-36-51(41-19-9-3-10-20-41)57-55(60-52)43-21-11-4-12-22-43/h1-36,49,55,60H,(H,58,59). The third-order valence-electron chi connectivity index (χ3n) is 11.6. The van der Waals surface area contributed by atoms with Crippen molar-refractivity contribution in [2.45, 2.75) is 12.2 Å². The van der Waals surface area contributed by atoms with Crippen LogP contribution in [-0.2, 0) is 0 Å². The number of allylic oxidation sites excluding steroid dienone is 1. The number of amidine groups is 1. The Balaban J connectivity index is 0.951. The molecule has 290 valence electrons. The Hall–Kier alpha value is -7.60. The van der Waals surface area contributed by atoms with Crippen molar-refractivity contribution in [3.8, 4) is 22.3 Å². The quantitative estimate of drug-likeness (QED) is 0.161. The summed E-state index contributed by atoms with van der Waals surface area (Å²) >= 11 is 1.86. The van der Waals surface area contributed by atoms with Gasteiger partial charge in [-0.1, -0.05) is 188 Å². The second-order valence-corrected chi connectivity index (χ2v) is 16.5.